The molecule has 19 heteroatoms. The molecule has 5 atom stereocenters. The Labute approximate surface area is 644 Å². The summed E-state index contributed by atoms with van der Waals surface area (Å²) in [5.74, 6) is -2.35. The standard InChI is InChI=1S/C87H148O17P2/c1-5-9-13-17-21-25-29-33-37-39-40-42-46-50-54-58-62-66-70-74-87(92)104-83(77-97-84(89)71-67-63-59-55-51-47-43-35-31-27-23-19-15-11-7-3)80-102-106(95,96)100-76-81(88)75-99-105(93,94)101-79-82(103-86(91)73-69-65-61-57-53-49-44-36-32-28-24-20-16-12-8-4)78-98-85(90)72-68-64-60-56-52-48-45-41-38-34-30-26-22-18-14-10-6-2/h21-22,25-27,31,33-34,36-38,40,42,44-45,48,50,54,56,60,62,66,81-83,88H,5-20,23-24,28-30,32,35,39,41,43,46-47,49,51-53,55,57-59,61,63-65,67-80H2,1-4H3,(H,93,94)(H,95,96)/b25-21-,26-22-,31-27-,37-33-,38-34-,42-40-,44-36-,48-45-,54-50-,60-56-,66-62-/t81-,82-,83-/m1/s1. The first-order valence-electron chi connectivity index (χ1n) is 41.4. The van der Waals surface area contributed by atoms with Crippen LogP contribution in [0.4, 0.5) is 0 Å². The van der Waals surface area contributed by atoms with Crippen molar-refractivity contribution < 1.29 is 80.2 Å². The summed E-state index contributed by atoms with van der Waals surface area (Å²) in [6.45, 7) is 4.66. The van der Waals surface area contributed by atoms with Crippen molar-refractivity contribution in [3.05, 3.63) is 134 Å². The Balaban J connectivity index is 5.49. The van der Waals surface area contributed by atoms with Crippen LogP contribution < -0.4 is 0 Å². The van der Waals surface area contributed by atoms with Gasteiger partial charge >= 0.3 is 39.5 Å². The molecule has 0 heterocycles. The van der Waals surface area contributed by atoms with Crippen LogP contribution in [0, 0.1) is 0 Å². The average Bonchev–Trinajstić information content (AvgIpc) is 0.908. The minimum atomic E-state index is -5.01. The number of hydrogen-bond acceptors (Lipinski definition) is 15. The van der Waals surface area contributed by atoms with E-state index in [2.05, 4.69) is 131 Å². The van der Waals surface area contributed by atoms with E-state index in [9.17, 15) is 43.2 Å². The van der Waals surface area contributed by atoms with Gasteiger partial charge in [-0.2, -0.15) is 0 Å². The fourth-order valence-electron chi connectivity index (χ4n) is 10.7. The van der Waals surface area contributed by atoms with E-state index in [1.54, 1.807) is 0 Å². The SMILES string of the molecule is CCCCC/C=C\C/C=C\C/C=C\C/C=C\C/C=C\CCC(=O)O[C@H](COC(=O)CCCCCCCCC/C=C\CCCCCC)COP(=O)(O)OC[C@H](O)COP(=O)(O)OC[C@@H](COC(=O)CCC/C=C\C/C=C\C/C=C\C/C=C\CCCCC)OC(=O)CCCCCCC/C=C\CCCCCCCC. The van der Waals surface area contributed by atoms with Crippen molar-refractivity contribution in [2.45, 2.75) is 354 Å². The predicted octanol–water partition coefficient (Wildman–Crippen LogP) is 24.4. The number of hydrogen-bond donors (Lipinski definition) is 3. The molecule has 0 aromatic rings. The Morgan fingerprint density at radius 1 is 0.264 bits per heavy atom. The minimum absolute atomic E-state index is 0.0328. The summed E-state index contributed by atoms with van der Waals surface area (Å²) in [5.41, 5.74) is 0. The fourth-order valence-corrected chi connectivity index (χ4v) is 12.3. The third-order valence-electron chi connectivity index (χ3n) is 17.1. The molecule has 0 amide bonds. The largest absolute Gasteiger partial charge is 0.472 e. The molecule has 0 bridgehead atoms. The third kappa shape index (κ3) is 77.4. The molecule has 2 unspecified atom stereocenters. The molecule has 0 saturated heterocycles. The monoisotopic (exact) mass is 1530 g/mol. The molecule has 0 aliphatic rings. The van der Waals surface area contributed by atoms with Gasteiger partial charge in [-0.3, -0.25) is 37.3 Å². The molecule has 608 valence electrons. The lowest BCUT2D eigenvalue weighted by atomic mass is 10.1. The maximum atomic E-state index is 13.1. The highest BCUT2D eigenvalue weighted by atomic mass is 31.2. The number of allylic oxidation sites excluding steroid dienone is 22. The summed E-state index contributed by atoms with van der Waals surface area (Å²) in [5, 5.41) is 10.7. The van der Waals surface area contributed by atoms with Crippen LogP contribution in [-0.2, 0) is 65.4 Å². The van der Waals surface area contributed by atoms with Crippen LogP contribution in [0.2, 0.25) is 0 Å². The Hall–Kier alpha value is -4.80. The molecule has 3 N–H and O–H groups in total. The smallest absolute Gasteiger partial charge is 0.462 e. The summed E-state index contributed by atoms with van der Waals surface area (Å²) < 4.78 is 68.5. The third-order valence-corrected chi connectivity index (χ3v) is 19.0. The number of aliphatic hydroxyl groups excluding tert-OH is 1. The lowest BCUT2D eigenvalue weighted by Gasteiger charge is -2.21. The Kier molecular flexibility index (Phi) is 74.8. The number of esters is 4. The maximum absolute atomic E-state index is 13.1. The normalized spacial score (nSPS) is 14.5. The number of rotatable bonds is 77. The summed E-state index contributed by atoms with van der Waals surface area (Å²) in [4.78, 5) is 73.1. The van der Waals surface area contributed by atoms with Crippen molar-refractivity contribution in [3.8, 4) is 0 Å². The van der Waals surface area contributed by atoms with Crippen molar-refractivity contribution >= 4 is 39.5 Å². The zero-order valence-electron chi connectivity index (χ0n) is 66.6. The van der Waals surface area contributed by atoms with Gasteiger partial charge in [-0.25, -0.2) is 9.13 Å². The van der Waals surface area contributed by atoms with Gasteiger partial charge in [0.1, 0.15) is 19.3 Å². The van der Waals surface area contributed by atoms with E-state index < -0.39 is 97.5 Å². The van der Waals surface area contributed by atoms with E-state index in [4.69, 9.17) is 37.0 Å². The minimum Gasteiger partial charge on any atom is -0.462 e. The number of phosphoric ester groups is 2. The molecule has 0 spiro atoms. The topological polar surface area (TPSA) is 237 Å². The zero-order chi connectivity index (χ0) is 77.4. The van der Waals surface area contributed by atoms with Crippen LogP contribution in [-0.4, -0.2) is 96.7 Å². The number of carbonyl (C=O) groups is 4. The molecule has 0 radical (unpaired) electrons. The summed E-state index contributed by atoms with van der Waals surface area (Å²) in [6.07, 6.45) is 88.7. The van der Waals surface area contributed by atoms with E-state index in [0.29, 0.717) is 38.5 Å². The Morgan fingerprint density at radius 2 is 0.491 bits per heavy atom. The van der Waals surface area contributed by atoms with Gasteiger partial charge in [0.2, 0.25) is 0 Å². The highest BCUT2D eigenvalue weighted by Gasteiger charge is 2.30. The van der Waals surface area contributed by atoms with Crippen LogP contribution in [0.25, 0.3) is 0 Å². The van der Waals surface area contributed by atoms with Crippen molar-refractivity contribution in [2.75, 3.05) is 39.6 Å². The first kappa shape index (κ1) is 101. The summed E-state index contributed by atoms with van der Waals surface area (Å²) in [7, 11) is -10.0. The first-order valence-corrected chi connectivity index (χ1v) is 44.4. The van der Waals surface area contributed by atoms with Crippen molar-refractivity contribution in [2.24, 2.45) is 0 Å². The number of unbranched alkanes of at least 4 members (excludes halogenated alkanes) is 29. The molecule has 106 heavy (non-hydrogen) atoms. The molecule has 0 aromatic carbocycles. The van der Waals surface area contributed by atoms with Gasteiger partial charge in [0.05, 0.1) is 26.4 Å². The van der Waals surface area contributed by atoms with Gasteiger partial charge < -0.3 is 33.8 Å². The molecule has 0 aromatic heterocycles. The van der Waals surface area contributed by atoms with E-state index >= 15 is 0 Å². The molecule has 0 aliphatic carbocycles. The highest BCUT2D eigenvalue weighted by Crippen LogP contribution is 2.45. The quantitative estimate of drug-likeness (QED) is 0.0169. The number of carbonyl (C=O) groups excluding carboxylic acids is 4. The molecule has 0 rings (SSSR count). The van der Waals surface area contributed by atoms with Gasteiger partial charge in [-0.05, 0) is 154 Å². The van der Waals surface area contributed by atoms with E-state index in [-0.39, 0.29) is 25.7 Å². The molecular formula is C87H148O17P2. The number of aliphatic hydroxyl groups is 1. The summed E-state index contributed by atoms with van der Waals surface area (Å²) >= 11 is 0. The predicted molar refractivity (Wildman–Crippen MR) is 436 cm³/mol. The van der Waals surface area contributed by atoms with Crippen molar-refractivity contribution in [1.82, 2.24) is 0 Å². The van der Waals surface area contributed by atoms with Gasteiger partial charge in [-0.1, -0.05) is 290 Å². The molecule has 0 aliphatic heterocycles. The van der Waals surface area contributed by atoms with E-state index in [1.807, 2.05) is 30.4 Å². The lowest BCUT2D eigenvalue weighted by Crippen LogP contribution is -2.30. The van der Waals surface area contributed by atoms with Crippen LogP contribution >= 0.6 is 15.6 Å². The van der Waals surface area contributed by atoms with Gasteiger partial charge in [0.15, 0.2) is 12.2 Å². The van der Waals surface area contributed by atoms with Gasteiger partial charge in [-0.15, -0.1) is 0 Å². The van der Waals surface area contributed by atoms with Gasteiger partial charge in [0, 0.05) is 25.7 Å². The molecule has 0 saturated carbocycles. The average molecular weight is 1530 g/mol. The molecule has 0 fully saturated rings. The van der Waals surface area contributed by atoms with Crippen LogP contribution in [0.5, 0.6) is 0 Å². The molecule has 17 nitrogen and oxygen atoms in total. The van der Waals surface area contributed by atoms with Gasteiger partial charge in [0.25, 0.3) is 0 Å². The molecular weight excluding hydrogens is 1380 g/mol. The second kappa shape index (κ2) is 78.3. The number of phosphoric acid groups is 2. The van der Waals surface area contributed by atoms with Crippen molar-refractivity contribution in [1.29, 1.82) is 0 Å². The Morgan fingerprint density at radius 3 is 0.840 bits per heavy atom. The Bertz CT molecular complexity index is 2530. The van der Waals surface area contributed by atoms with E-state index in [1.165, 1.54) is 109 Å². The number of ether oxygens (including phenoxy) is 4. The lowest BCUT2D eigenvalue weighted by molar-refractivity contribution is -0.161. The first-order chi connectivity index (χ1) is 51.7. The fraction of sp³-hybridized carbons (Fsp3) is 0.701. The second-order valence-electron chi connectivity index (χ2n) is 27.3. The van der Waals surface area contributed by atoms with Crippen LogP contribution in [0.15, 0.2) is 134 Å². The van der Waals surface area contributed by atoms with E-state index in [0.717, 1.165) is 135 Å². The maximum Gasteiger partial charge on any atom is 0.472 e. The zero-order valence-corrected chi connectivity index (χ0v) is 68.4. The highest BCUT2D eigenvalue weighted by molar-refractivity contribution is 7.47. The van der Waals surface area contributed by atoms with Crippen LogP contribution in [0.3, 0.4) is 0 Å². The second-order valence-corrected chi connectivity index (χ2v) is 30.3. The summed E-state index contributed by atoms with van der Waals surface area (Å²) in [6, 6.07) is 0. The van der Waals surface area contributed by atoms with Crippen molar-refractivity contribution in [3.63, 3.8) is 0 Å². The van der Waals surface area contributed by atoms with Crippen LogP contribution in [0.1, 0.15) is 336 Å².